The average molecular weight is 459 g/mol. The Balaban J connectivity index is 1.68. The van der Waals surface area contributed by atoms with Crippen LogP contribution >= 0.6 is 0 Å². The molecule has 0 radical (unpaired) electrons. The van der Waals surface area contributed by atoms with Gasteiger partial charge in [0.05, 0.1) is 22.2 Å². The number of para-hydroxylation sites is 2. The third-order valence-electron chi connectivity index (χ3n) is 6.62. The minimum absolute atomic E-state index is 0.0758. The molecular formula is C25H29F3N4O. The normalized spacial score (nSPS) is 16.0. The summed E-state index contributed by atoms with van der Waals surface area (Å²) in [7, 11) is 1.61. The third kappa shape index (κ3) is 4.49. The molecule has 4 rings (SSSR count). The first-order valence-electron chi connectivity index (χ1n) is 11.2. The molecule has 0 unspecified atom stereocenters. The number of carbonyl (C=O) groups excluding carboxylic acids is 1. The van der Waals surface area contributed by atoms with E-state index >= 15 is 0 Å². The Morgan fingerprint density at radius 3 is 2.42 bits per heavy atom. The summed E-state index contributed by atoms with van der Waals surface area (Å²) in [5.41, 5.74) is 0.515. The Kier molecular flexibility index (Phi) is 6.22. The zero-order chi connectivity index (χ0) is 23.9. The van der Waals surface area contributed by atoms with Crippen LogP contribution in [0.25, 0.3) is 16.7 Å². The summed E-state index contributed by atoms with van der Waals surface area (Å²) in [6, 6.07) is 11.6. The van der Waals surface area contributed by atoms with Gasteiger partial charge in [-0.05, 0) is 63.9 Å². The van der Waals surface area contributed by atoms with Crippen LogP contribution in [0, 0.1) is 6.92 Å². The fourth-order valence-corrected chi connectivity index (χ4v) is 4.71. The van der Waals surface area contributed by atoms with Gasteiger partial charge in [0.2, 0.25) is 0 Å². The first-order chi connectivity index (χ1) is 15.6. The maximum absolute atomic E-state index is 14.1. The Bertz CT molecular complexity index is 1160. The minimum atomic E-state index is -4.66. The van der Waals surface area contributed by atoms with E-state index in [-0.39, 0.29) is 11.6 Å². The summed E-state index contributed by atoms with van der Waals surface area (Å²) < 4.78 is 43.9. The highest BCUT2D eigenvalue weighted by atomic mass is 19.4. The maximum Gasteiger partial charge on any atom is 0.417 e. The quantitative estimate of drug-likeness (QED) is 0.533. The number of hydrogen-bond acceptors (Lipinski definition) is 3. The van der Waals surface area contributed by atoms with E-state index < -0.39 is 17.6 Å². The Labute approximate surface area is 191 Å². The lowest BCUT2D eigenvalue weighted by molar-refractivity contribution is -0.138. The SMILES string of the molecule is Cc1nc2ccccc2n1-c1ccc(C(=O)N(C)C2CCN(C(C)C)CC2)c(C(F)(F)F)c1. The van der Waals surface area contributed by atoms with Crippen LogP contribution in [-0.4, -0.2) is 57.5 Å². The highest BCUT2D eigenvalue weighted by Gasteiger charge is 2.37. The highest BCUT2D eigenvalue weighted by molar-refractivity contribution is 5.96. The van der Waals surface area contributed by atoms with Gasteiger partial charge in [0.1, 0.15) is 5.82 Å². The number of alkyl halides is 3. The molecule has 1 amide bonds. The van der Waals surface area contributed by atoms with Gasteiger partial charge in [-0.1, -0.05) is 12.1 Å². The van der Waals surface area contributed by atoms with Crippen LogP contribution in [0.5, 0.6) is 0 Å². The highest BCUT2D eigenvalue weighted by Crippen LogP contribution is 2.35. The number of likely N-dealkylation sites (tertiary alicyclic amines) is 1. The molecule has 1 aromatic heterocycles. The third-order valence-corrected chi connectivity index (χ3v) is 6.62. The molecule has 1 aliphatic rings. The van der Waals surface area contributed by atoms with E-state index in [1.165, 1.54) is 11.0 Å². The zero-order valence-corrected chi connectivity index (χ0v) is 19.4. The molecule has 0 saturated carbocycles. The lowest BCUT2D eigenvalue weighted by Gasteiger charge is -2.38. The second kappa shape index (κ2) is 8.82. The van der Waals surface area contributed by atoms with Gasteiger partial charge in [0, 0.05) is 37.9 Å². The number of carbonyl (C=O) groups is 1. The molecule has 8 heteroatoms. The van der Waals surface area contributed by atoms with Crippen LogP contribution in [-0.2, 0) is 6.18 Å². The molecule has 1 aliphatic heterocycles. The van der Waals surface area contributed by atoms with Crippen molar-refractivity contribution in [3.63, 3.8) is 0 Å². The van der Waals surface area contributed by atoms with Crippen molar-refractivity contribution in [2.45, 2.75) is 51.9 Å². The van der Waals surface area contributed by atoms with Crippen LogP contribution in [0.2, 0.25) is 0 Å². The predicted molar refractivity (Wildman–Crippen MR) is 123 cm³/mol. The van der Waals surface area contributed by atoms with E-state index in [2.05, 4.69) is 23.7 Å². The molecule has 3 aromatic rings. The number of hydrogen-bond donors (Lipinski definition) is 0. The number of halogens is 3. The molecule has 2 heterocycles. The lowest BCUT2D eigenvalue weighted by Crippen LogP contribution is -2.47. The van der Waals surface area contributed by atoms with Crippen LogP contribution in [0.3, 0.4) is 0 Å². The summed E-state index contributed by atoms with van der Waals surface area (Å²) >= 11 is 0. The van der Waals surface area contributed by atoms with Crippen LogP contribution in [0.4, 0.5) is 13.2 Å². The van der Waals surface area contributed by atoms with Gasteiger partial charge in [0.25, 0.3) is 5.91 Å². The monoisotopic (exact) mass is 458 g/mol. The molecule has 0 atom stereocenters. The van der Waals surface area contributed by atoms with Gasteiger partial charge in [-0.25, -0.2) is 4.98 Å². The number of amides is 1. The number of benzene rings is 2. The fourth-order valence-electron chi connectivity index (χ4n) is 4.71. The van der Waals surface area contributed by atoms with Gasteiger partial charge < -0.3 is 9.80 Å². The molecule has 0 aliphatic carbocycles. The maximum atomic E-state index is 14.1. The van der Waals surface area contributed by atoms with Crippen molar-refractivity contribution in [1.29, 1.82) is 0 Å². The minimum Gasteiger partial charge on any atom is -0.339 e. The summed E-state index contributed by atoms with van der Waals surface area (Å²) in [5, 5.41) is 0. The van der Waals surface area contributed by atoms with E-state index in [9.17, 15) is 18.0 Å². The van der Waals surface area contributed by atoms with Crippen molar-refractivity contribution >= 4 is 16.9 Å². The molecular weight excluding hydrogens is 429 g/mol. The van der Waals surface area contributed by atoms with Crippen molar-refractivity contribution in [3.05, 3.63) is 59.4 Å². The van der Waals surface area contributed by atoms with Crippen LogP contribution in [0.15, 0.2) is 42.5 Å². The van der Waals surface area contributed by atoms with Crippen molar-refractivity contribution in [2.75, 3.05) is 20.1 Å². The number of fused-ring (bicyclic) bond motifs is 1. The molecule has 33 heavy (non-hydrogen) atoms. The number of piperidine rings is 1. The Hall–Kier alpha value is -2.87. The van der Waals surface area contributed by atoms with E-state index in [4.69, 9.17) is 0 Å². The largest absolute Gasteiger partial charge is 0.417 e. The predicted octanol–water partition coefficient (Wildman–Crippen LogP) is 5.30. The van der Waals surface area contributed by atoms with E-state index in [0.717, 1.165) is 37.5 Å². The van der Waals surface area contributed by atoms with E-state index in [1.807, 2.05) is 24.3 Å². The first kappa shape index (κ1) is 23.3. The van der Waals surface area contributed by atoms with Gasteiger partial charge in [-0.15, -0.1) is 0 Å². The number of aryl methyl sites for hydroxylation is 1. The van der Waals surface area contributed by atoms with Crippen molar-refractivity contribution < 1.29 is 18.0 Å². The smallest absolute Gasteiger partial charge is 0.339 e. The number of nitrogens with zero attached hydrogens (tertiary/aromatic N) is 4. The van der Waals surface area contributed by atoms with Gasteiger partial charge in [0.15, 0.2) is 0 Å². The van der Waals surface area contributed by atoms with Gasteiger partial charge in [-0.3, -0.25) is 9.36 Å². The van der Waals surface area contributed by atoms with Crippen molar-refractivity contribution in [2.24, 2.45) is 0 Å². The Morgan fingerprint density at radius 1 is 1.12 bits per heavy atom. The van der Waals surface area contributed by atoms with Crippen molar-refractivity contribution in [3.8, 4) is 5.69 Å². The number of imidazole rings is 1. The number of aromatic nitrogens is 2. The van der Waals surface area contributed by atoms with Gasteiger partial charge >= 0.3 is 6.18 Å². The van der Waals surface area contributed by atoms with Crippen LogP contribution in [0.1, 0.15) is 48.4 Å². The molecule has 176 valence electrons. The molecule has 5 nitrogen and oxygen atoms in total. The van der Waals surface area contributed by atoms with Gasteiger partial charge in [-0.2, -0.15) is 13.2 Å². The van der Waals surface area contributed by atoms with E-state index in [0.29, 0.717) is 23.1 Å². The molecule has 1 fully saturated rings. The molecule has 2 aromatic carbocycles. The Morgan fingerprint density at radius 2 is 1.79 bits per heavy atom. The summed E-state index contributed by atoms with van der Waals surface area (Å²) in [4.78, 5) is 21.5. The first-order valence-corrected chi connectivity index (χ1v) is 11.2. The summed E-state index contributed by atoms with van der Waals surface area (Å²) in [6.45, 7) is 7.66. The second-order valence-corrected chi connectivity index (χ2v) is 8.99. The number of rotatable bonds is 4. The summed E-state index contributed by atoms with van der Waals surface area (Å²) in [6.07, 6.45) is -3.16. The standard InChI is InChI=1S/C25H29F3N4O/c1-16(2)31-13-11-18(12-14-31)30(4)24(33)20-10-9-19(15-21(20)25(26,27)28)32-17(3)29-22-7-5-6-8-23(22)32/h5-10,15-16,18H,11-14H2,1-4H3. The fraction of sp³-hybridized carbons (Fsp3) is 0.440. The molecule has 0 N–H and O–H groups in total. The van der Waals surface area contributed by atoms with E-state index in [1.54, 1.807) is 24.6 Å². The molecule has 0 bridgehead atoms. The van der Waals surface area contributed by atoms with Crippen LogP contribution < -0.4 is 0 Å². The molecule has 1 saturated heterocycles. The molecule has 0 spiro atoms. The lowest BCUT2D eigenvalue weighted by atomic mass is 9.99. The van der Waals surface area contributed by atoms with Crippen molar-refractivity contribution in [1.82, 2.24) is 19.4 Å². The summed E-state index contributed by atoms with van der Waals surface area (Å²) in [5.74, 6) is -0.0125. The topological polar surface area (TPSA) is 41.4 Å². The second-order valence-electron chi connectivity index (χ2n) is 8.99. The zero-order valence-electron chi connectivity index (χ0n) is 19.4. The average Bonchev–Trinajstić information content (AvgIpc) is 3.12.